The molecule has 2 N–H and O–H groups in total. The number of aliphatic hydroxyl groups is 2. The first-order valence-corrected chi connectivity index (χ1v) is 3.50. The van der Waals surface area contributed by atoms with E-state index in [4.69, 9.17) is 10.2 Å². The van der Waals surface area contributed by atoms with E-state index in [0.29, 0.717) is 6.07 Å². The van der Waals surface area contributed by atoms with Crippen LogP contribution in [0.2, 0.25) is 0 Å². The van der Waals surface area contributed by atoms with Crippen LogP contribution in [0, 0.1) is 17.5 Å². The van der Waals surface area contributed by atoms with Gasteiger partial charge in [-0.05, 0) is 6.07 Å². The van der Waals surface area contributed by atoms with Gasteiger partial charge in [0.15, 0.2) is 17.5 Å². The molecule has 0 saturated carbocycles. The van der Waals surface area contributed by atoms with E-state index in [-0.39, 0.29) is 0 Å². The standard InChI is InChI=1S/C8H7F3O2/c9-5-2-1-4(6(13)3-12)7(10)8(5)11/h1-2,6,12-13H,3H2. The van der Waals surface area contributed by atoms with E-state index in [2.05, 4.69) is 0 Å². The Kier molecular flexibility index (Phi) is 2.90. The Balaban J connectivity index is 3.18. The van der Waals surface area contributed by atoms with Crippen LogP contribution in [0.4, 0.5) is 13.2 Å². The van der Waals surface area contributed by atoms with Gasteiger partial charge in [0, 0.05) is 5.56 Å². The zero-order valence-electron chi connectivity index (χ0n) is 6.47. The maximum atomic E-state index is 12.8. The van der Waals surface area contributed by atoms with Crippen molar-refractivity contribution in [3.05, 3.63) is 35.1 Å². The largest absolute Gasteiger partial charge is 0.393 e. The molecule has 13 heavy (non-hydrogen) atoms. The molecule has 0 aromatic heterocycles. The third kappa shape index (κ3) is 1.81. The van der Waals surface area contributed by atoms with Gasteiger partial charge in [-0.15, -0.1) is 0 Å². The molecule has 0 aliphatic rings. The minimum atomic E-state index is -1.65. The maximum Gasteiger partial charge on any atom is 0.194 e. The summed E-state index contributed by atoms with van der Waals surface area (Å²) in [5.74, 6) is -4.45. The number of hydrogen-bond donors (Lipinski definition) is 2. The summed E-state index contributed by atoms with van der Waals surface area (Å²) in [6.07, 6.45) is -1.53. The molecule has 0 amide bonds. The Hall–Kier alpha value is -1.07. The van der Waals surface area contributed by atoms with Crippen molar-refractivity contribution in [1.82, 2.24) is 0 Å². The molecule has 72 valence electrons. The van der Waals surface area contributed by atoms with Crippen LogP contribution in [0.5, 0.6) is 0 Å². The monoisotopic (exact) mass is 192 g/mol. The number of hydrogen-bond acceptors (Lipinski definition) is 2. The number of aliphatic hydroxyl groups excluding tert-OH is 2. The summed E-state index contributed by atoms with van der Waals surface area (Å²) in [5, 5.41) is 17.4. The summed E-state index contributed by atoms with van der Waals surface area (Å²) in [6, 6.07) is 1.57. The highest BCUT2D eigenvalue weighted by atomic mass is 19.2. The van der Waals surface area contributed by atoms with E-state index in [1.54, 1.807) is 0 Å². The summed E-state index contributed by atoms with van der Waals surface area (Å²) in [5.41, 5.74) is -0.457. The summed E-state index contributed by atoms with van der Waals surface area (Å²) < 4.78 is 37.7. The van der Waals surface area contributed by atoms with Crippen LogP contribution in [-0.2, 0) is 0 Å². The van der Waals surface area contributed by atoms with Gasteiger partial charge in [-0.3, -0.25) is 0 Å². The van der Waals surface area contributed by atoms with Crippen LogP contribution < -0.4 is 0 Å². The summed E-state index contributed by atoms with van der Waals surface area (Å²) >= 11 is 0. The predicted octanol–water partition coefficient (Wildman–Crippen LogP) is 1.13. The van der Waals surface area contributed by atoms with Crippen molar-refractivity contribution in [2.24, 2.45) is 0 Å². The first-order chi connectivity index (χ1) is 6.07. The Morgan fingerprint density at radius 1 is 1.15 bits per heavy atom. The molecule has 1 aromatic carbocycles. The van der Waals surface area contributed by atoms with E-state index >= 15 is 0 Å². The molecular formula is C8H7F3O2. The highest BCUT2D eigenvalue weighted by molar-refractivity contribution is 5.22. The fourth-order valence-electron chi connectivity index (χ4n) is 0.897. The normalized spacial score (nSPS) is 13.0. The topological polar surface area (TPSA) is 40.5 Å². The highest BCUT2D eigenvalue weighted by Gasteiger charge is 2.18. The summed E-state index contributed by atoms with van der Waals surface area (Å²) in [6.45, 7) is -0.748. The molecule has 1 aromatic rings. The molecule has 0 aliphatic carbocycles. The molecule has 5 heteroatoms. The Morgan fingerprint density at radius 2 is 1.77 bits per heavy atom. The zero-order valence-corrected chi connectivity index (χ0v) is 6.47. The fraction of sp³-hybridized carbons (Fsp3) is 0.250. The lowest BCUT2D eigenvalue weighted by Gasteiger charge is -2.08. The van der Waals surface area contributed by atoms with Gasteiger partial charge in [0.25, 0.3) is 0 Å². The third-order valence-corrected chi connectivity index (χ3v) is 1.60. The van der Waals surface area contributed by atoms with Crippen molar-refractivity contribution in [3.63, 3.8) is 0 Å². The average molecular weight is 192 g/mol. The minimum Gasteiger partial charge on any atom is -0.393 e. The van der Waals surface area contributed by atoms with Crippen LogP contribution in [0.15, 0.2) is 12.1 Å². The van der Waals surface area contributed by atoms with Crippen LogP contribution in [0.3, 0.4) is 0 Å². The Labute approximate surface area is 72.2 Å². The molecule has 0 radical (unpaired) electrons. The van der Waals surface area contributed by atoms with E-state index in [1.807, 2.05) is 0 Å². The molecule has 0 bridgehead atoms. The Bertz CT molecular complexity index is 315. The quantitative estimate of drug-likeness (QED) is 0.689. The maximum absolute atomic E-state index is 12.8. The van der Waals surface area contributed by atoms with Crippen molar-refractivity contribution < 1.29 is 23.4 Å². The van der Waals surface area contributed by atoms with Crippen LogP contribution in [0.1, 0.15) is 11.7 Å². The predicted molar refractivity (Wildman–Crippen MR) is 38.4 cm³/mol. The Morgan fingerprint density at radius 3 is 2.31 bits per heavy atom. The number of benzene rings is 1. The summed E-state index contributed by atoms with van der Waals surface area (Å²) in [4.78, 5) is 0. The van der Waals surface area contributed by atoms with Gasteiger partial charge in [0.05, 0.1) is 6.61 Å². The molecule has 0 fully saturated rings. The van der Waals surface area contributed by atoms with Gasteiger partial charge in [-0.1, -0.05) is 6.07 Å². The zero-order chi connectivity index (χ0) is 10.0. The summed E-state index contributed by atoms with van der Waals surface area (Å²) in [7, 11) is 0. The fourth-order valence-corrected chi connectivity index (χ4v) is 0.897. The lowest BCUT2D eigenvalue weighted by atomic mass is 10.1. The smallest absolute Gasteiger partial charge is 0.194 e. The van der Waals surface area contributed by atoms with Crippen molar-refractivity contribution >= 4 is 0 Å². The van der Waals surface area contributed by atoms with Crippen molar-refractivity contribution in [2.75, 3.05) is 6.61 Å². The van der Waals surface area contributed by atoms with Crippen molar-refractivity contribution in [1.29, 1.82) is 0 Å². The van der Waals surface area contributed by atoms with Gasteiger partial charge in [0.1, 0.15) is 6.10 Å². The van der Waals surface area contributed by atoms with E-state index in [9.17, 15) is 13.2 Å². The second-order valence-corrected chi connectivity index (χ2v) is 2.46. The van der Waals surface area contributed by atoms with Crippen LogP contribution in [-0.4, -0.2) is 16.8 Å². The van der Waals surface area contributed by atoms with Crippen molar-refractivity contribution in [2.45, 2.75) is 6.10 Å². The average Bonchev–Trinajstić information content (AvgIpc) is 2.13. The molecule has 0 heterocycles. The molecule has 2 nitrogen and oxygen atoms in total. The van der Waals surface area contributed by atoms with E-state index < -0.39 is 35.7 Å². The first kappa shape index (κ1) is 10.0. The molecule has 0 spiro atoms. The number of halogens is 3. The first-order valence-electron chi connectivity index (χ1n) is 3.50. The van der Waals surface area contributed by atoms with Gasteiger partial charge < -0.3 is 10.2 Å². The SMILES string of the molecule is OCC(O)c1ccc(F)c(F)c1F. The second kappa shape index (κ2) is 3.76. The third-order valence-electron chi connectivity index (χ3n) is 1.60. The van der Waals surface area contributed by atoms with Gasteiger partial charge in [-0.2, -0.15) is 0 Å². The minimum absolute atomic E-state index is 0.457. The highest BCUT2D eigenvalue weighted by Crippen LogP contribution is 2.20. The lowest BCUT2D eigenvalue weighted by molar-refractivity contribution is 0.0918. The van der Waals surface area contributed by atoms with Gasteiger partial charge in [0.2, 0.25) is 0 Å². The molecular weight excluding hydrogens is 185 g/mol. The van der Waals surface area contributed by atoms with Crippen LogP contribution in [0.25, 0.3) is 0 Å². The van der Waals surface area contributed by atoms with Crippen molar-refractivity contribution in [3.8, 4) is 0 Å². The lowest BCUT2D eigenvalue weighted by Crippen LogP contribution is -2.07. The van der Waals surface area contributed by atoms with Gasteiger partial charge in [-0.25, -0.2) is 13.2 Å². The van der Waals surface area contributed by atoms with E-state index in [0.717, 1.165) is 6.07 Å². The molecule has 1 atom stereocenters. The molecule has 1 rings (SSSR count). The van der Waals surface area contributed by atoms with Crippen LogP contribution >= 0.6 is 0 Å². The second-order valence-electron chi connectivity index (χ2n) is 2.46. The molecule has 1 unspecified atom stereocenters. The van der Waals surface area contributed by atoms with Gasteiger partial charge >= 0.3 is 0 Å². The molecule has 0 saturated heterocycles. The molecule has 0 aliphatic heterocycles. The number of rotatable bonds is 2. The van der Waals surface area contributed by atoms with E-state index in [1.165, 1.54) is 0 Å².